The van der Waals surface area contributed by atoms with Gasteiger partial charge >= 0.3 is 0 Å². The van der Waals surface area contributed by atoms with Crippen molar-refractivity contribution in [1.82, 2.24) is 4.57 Å². The number of aromatic nitrogens is 1. The summed E-state index contributed by atoms with van der Waals surface area (Å²) in [5.41, 5.74) is 10.8. The summed E-state index contributed by atoms with van der Waals surface area (Å²) >= 11 is 0. The van der Waals surface area contributed by atoms with Gasteiger partial charge in [-0.25, -0.2) is 0 Å². The quantitative estimate of drug-likeness (QED) is 0.708. The van der Waals surface area contributed by atoms with E-state index in [1.165, 1.54) is 0 Å². The van der Waals surface area contributed by atoms with Crippen LogP contribution < -0.4 is 11.1 Å². The molecular formula is C20H19N3O2. The number of hydrogen-bond acceptors (Lipinski definition) is 3. The fourth-order valence-electron chi connectivity index (χ4n) is 3.65. The molecule has 4 rings (SSSR count). The number of carbonyl (C=O) groups is 2. The predicted molar refractivity (Wildman–Crippen MR) is 98.8 cm³/mol. The first-order valence-electron chi connectivity index (χ1n) is 8.32. The van der Waals surface area contributed by atoms with Crippen LogP contribution in [0.4, 0.5) is 11.4 Å². The van der Waals surface area contributed by atoms with E-state index in [-0.39, 0.29) is 11.7 Å². The zero-order valence-corrected chi connectivity index (χ0v) is 14.0. The van der Waals surface area contributed by atoms with Crippen molar-refractivity contribution in [1.29, 1.82) is 0 Å². The largest absolute Gasteiger partial charge is 0.399 e. The Morgan fingerprint density at radius 1 is 1.12 bits per heavy atom. The Kier molecular flexibility index (Phi) is 3.57. The molecule has 1 aromatic heterocycles. The van der Waals surface area contributed by atoms with E-state index in [1.54, 1.807) is 24.3 Å². The minimum absolute atomic E-state index is 0.167. The minimum Gasteiger partial charge on any atom is -0.399 e. The van der Waals surface area contributed by atoms with Gasteiger partial charge in [0.2, 0.25) is 0 Å². The molecule has 1 aliphatic carbocycles. The first-order valence-corrected chi connectivity index (χ1v) is 8.32. The number of para-hydroxylation sites is 1. The average Bonchev–Trinajstić information content (AvgIpc) is 2.89. The van der Waals surface area contributed by atoms with Crippen molar-refractivity contribution in [2.75, 3.05) is 11.1 Å². The van der Waals surface area contributed by atoms with Gasteiger partial charge < -0.3 is 15.6 Å². The molecule has 1 amide bonds. The second kappa shape index (κ2) is 5.77. The minimum atomic E-state index is -0.167. The molecule has 3 aromatic rings. The smallest absolute Gasteiger partial charge is 0.257 e. The summed E-state index contributed by atoms with van der Waals surface area (Å²) in [5, 5.41) is 3.92. The third-order valence-corrected chi connectivity index (χ3v) is 4.88. The topological polar surface area (TPSA) is 77.1 Å². The van der Waals surface area contributed by atoms with E-state index in [4.69, 9.17) is 5.73 Å². The molecule has 0 spiro atoms. The summed E-state index contributed by atoms with van der Waals surface area (Å²) in [5.74, 6) is 0.0939. The summed E-state index contributed by atoms with van der Waals surface area (Å²) < 4.78 is 2.06. The summed E-state index contributed by atoms with van der Waals surface area (Å²) in [4.78, 5) is 24.7. The molecule has 0 saturated carbocycles. The van der Waals surface area contributed by atoms with Crippen LogP contribution in [0.3, 0.4) is 0 Å². The van der Waals surface area contributed by atoms with Crippen molar-refractivity contribution in [2.45, 2.75) is 19.3 Å². The molecule has 5 nitrogen and oxygen atoms in total. The van der Waals surface area contributed by atoms with Gasteiger partial charge in [-0.2, -0.15) is 0 Å². The Labute approximate surface area is 145 Å². The second-order valence-corrected chi connectivity index (χ2v) is 6.48. The molecule has 0 saturated heterocycles. The molecule has 0 radical (unpaired) electrons. The third-order valence-electron chi connectivity index (χ3n) is 4.88. The van der Waals surface area contributed by atoms with Gasteiger partial charge in [0.25, 0.3) is 5.91 Å². The summed E-state index contributed by atoms with van der Waals surface area (Å²) in [6, 6.07) is 12.8. The van der Waals surface area contributed by atoms with Gasteiger partial charge in [0.1, 0.15) is 5.78 Å². The molecule has 25 heavy (non-hydrogen) atoms. The van der Waals surface area contributed by atoms with Gasteiger partial charge in [0.15, 0.2) is 0 Å². The zero-order valence-electron chi connectivity index (χ0n) is 14.0. The lowest BCUT2D eigenvalue weighted by Gasteiger charge is -2.12. The van der Waals surface area contributed by atoms with Gasteiger partial charge in [-0.05, 0) is 42.3 Å². The van der Waals surface area contributed by atoms with Crippen molar-refractivity contribution >= 4 is 34.0 Å². The average molecular weight is 333 g/mol. The van der Waals surface area contributed by atoms with Gasteiger partial charge in [-0.15, -0.1) is 0 Å². The predicted octanol–water partition coefficient (Wildman–Crippen LogP) is 3.07. The molecule has 0 unspecified atom stereocenters. The molecule has 126 valence electrons. The lowest BCUT2D eigenvalue weighted by molar-refractivity contribution is -0.118. The standard InChI is InChI=1S/C20H19N3O2/c1-23-18-10-9-14(24)11-17(18)15-3-2-4-16(19(15)23)20(25)22-13-7-5-12(21)6-8-13/h2-8H,9-11,21H2,1H3,(H,22,25). The number of nitrogens with zero attached hydrogens (tertiary/aromatic N) is 1. The Morgan fingerprint density at radius 2 is 1.88 bits per heavy atom. The number of ketones is 1. The summed E-state index contributed by atoms with van der Waals surface area (Å²) in [7, 11) is 1.97. The van der Waals surface area contributed by atoms with Crippen LogP contribution in [0.1, 0.15) is 28.0 Å². The van der Waals surface area contributed by atoms with Crippen LogP contribution in [0, 0.1) is 0 Å². The van der Waals surface area contributed by atoms with E-state index in [0.717, 1.165) is 28.6 Å². The van der Waals surface area contributed by atoms with Crippen LogP contribution in [0.2, 0.25) is 0 Å². The number of carbonyl (C=O) groups excluding carboxylic acids is 2. The second-order valence-electron chi connectivity index (χ2n) is 6.48. The number of Topliss-reactive ketones (excluding diaryl/α,β-unsaturated/α-hetero) is 1. The summed E-state index contributed by atoms with van der Waals surface area (Å²) in [6.45, 7) is 0. The monoisotopic (exact) mass is 333 g/mol. The molecule has 1 heterocycles. The number of nitrogens with one attached hydrogen (secondary N) is 1. The van der Waals surface area contributed by atoms with Gasteiger partial charge in [-0.3, -0.25) is 9.59 Å². The fraction of sp³-hybridized carbons (Fsp3) is 0.200. The van der Waals surface area contributed by atoms with Crippen LogP contribution >= 0.6 is 0 Å². The number of nitrogens with two attached hydrogens (primary N) is 1. The fourth-order valence-corrected chi connectivity index (χ4v) is 3.65. The van der Waals surface area contributed by atoms with Crippen molar-refractivity contribution in [3.63, 3.8) is 0 Å². The Morgan fingerprint density at radius 3 is 2.64 bits per heavy atom. The van der Waals surface area contributed by atoms with Crippen LogP contribution in [0.25, 0.3) is 10.9 Å². The van der Waals surface area contributed by atoms with Crippen LogP contribution in [-0.4, -0.2) is 16.3 Å². The number of nitrogen functional groups attached to an aromatic ring is 1. The van der Waals surface area contributed by atoms with Crippen molar-refractivity contribution in [2.24, 2.45) is 7.05 Å². The normalized spacial score (nSPS) is 13.7. The number of benzene rings is 2. The number of rotatable bonds is 2. The molecule has 0 aliphatic heterocycles. The number of aryl methyl sites for hydroxylation is 1. The molecule has 3 N–H and O–H groups in total. The highest BCUT2D eigenvalue weighted by molar-refractivity contribution is 6.13. The maximum atomic E-state index is 12.8. The first-order chi connectivity index (χ1) is 12.0. The zero-order chi connectivity index (χ0) is 17.6. The number of anilines is 2. The van der Waals surface area contributed by atoms with Crippen molar-refractivity contribution in [3.8, 4) is 0 Å². The Hall–Kier alpha value is -3.08. The van der Waals surface area contributed by atoms with Gasteiger partial charge in [0, 0.05) is 42.3 Å². The SMILES string of the molecule is Cn1c2c(c3cccc(C(=O)Nc4ccc(N)cc4)c31)CC(=O)CC2. The van der Waals surface area contributed by atoms with E-state index < -0.39 is 0 Å². The van der Waals surface area contributed by atoms with Crippen LogP contribution in [0.5, 0.6) is 0 Å². The summed E-state index contributed by atoms with van der Waals surface area (Å²) in [6.07, 6.45) is 1.76. The maximum Gasteiger partial charge on any atom is 0.257 e. The maximum absolute atomic E-state index is 12.8. The number of hydrogen-bond donors (Lipinski definition) is 2. The van der Waals surface area contributed by atoms with Crippen LogP contribution in [0.15, 0.2) is 42.5 Å². The lowest BCUT2D eigenvalue weighted by Crippen LogP contribution is -2.15. The van der Waals surface area contributed by atoms with E-state index >= 15 is 0 Å². The molecule has 0 atom stereocenters. The molecule has 1 aliphatic rings. The van der Waals surface area contributed by atoms with Gasteiger partial charge in [-0.1, -0.05) is 12.1 Å². The van der Waals surface area contributed by atoms with Crippen molar-refractivity contribution in [3.05, 3.63) is 59.3 Å². The van der Waals surface area contributed by atoms with Gasteiger partial charge in [0.05, 0.1) is 11.1 Å². The van der Waals surface area contributed by atoms with E-state index in [0.29, 0.717) is 29.8 Å². The molecule has 2 aromatic carbocycles. The number of fused-ring (bicyclic) bond motifs is 3. The molecule has 0 bridgehead atoms. The Bertz CT molecular complexity index is 1000. The van der Waals surface area contributed by atoms with E-state index in [1.807, 2.05) is 25.2 Å². The van der Waals surface area contributed by atoms with Crippen molar-refractivity contribution < 1.29 is 9.59 Å². The lowest BCUT2D eigenvalue weighted by atomic mass is 9.94. The molecular weight excluding hydrogens is 314 g/mol. The third kappa shape index (κ3) is 2.58. The highest BCUT2D eigenvalue weighted by atomic mass is 16.1. The van der Waals surface area contributed by atoms with Crippen LogP contribution in [-0.2, 0) is 24.7 Å². The van der Waals surface area contributed by atoms with E-state index in [2.05, 4.69) is 9.88 Å². The first kappa shape index (κ1) is 15.4. The highest BCUT2D eigenvalue weighted by Gasteiger charge is 2.25. The van der Waals surface area contributed by atoms with E-state index in [9.17, 15) is 9.59 Å². The molecule has 0 fully saturated rings. The highest BCUT2D eigenvalue weighted by Crippen LogP contribution is 2.32. The Balaban J connectivity index is 1.78. The molecule has 5 heteroatoms. The number of amides is 1.